The molecule has 0 bridgehead atoms. The first-order valence-electron chi connectivity index (χ1n) is 9.26. The van der Waals surface area contributed by atoms with Crippen molar-refractivity contribution < 1.29 is 13.2 Å². The van der Waals surface area contributed by atoms with E-state index in [1.807, 2.05) is 26.0 Å². The van der Waals surface area contributed by atoms with E-state index >= 15 is 0 Å². The highest BCUT2D eigenvalue weighted by atomic mass is 32.2. The number of sulfonamides is 1. The third-order valence-corrected chi connectivity index (χ3v) is 5.82. The van der Waals surface area contributed by atoms with E-state index in [2.05, 4.69) is 17.1 Å². The van der Waals surface area contributed by atoms with Crippen molar-refractivity contribution in [1.29, 1.82) is 0 Å². The summed E-state index contributed by atoms with van der Waals surface area (Å²) in [6, 6.07) is 7.44. The first-order chi connectivity index (χ1) is 12.2. The number of rotatable bonds is 7. The van der Waals surface area contributed by atoms with Crippen LogP contribution in [0.5, 0.6) is 0 Å². The Morgan fingerprint density at radius 2 is 1.81 bits per heavy atom. The van der Waals surface area contributed by atoms with Gasteiger partial charge in [-0.05, 0) is 48.9 Å². The van der Waals surface area contributed by atoms with E-state index in [-0.39, 0.29) is 12.5 Å². The Kier molecular flexibility index (Phi) is 6.92. The fraction of sp³-hybridized carbons (Fsp3) is 0.632. The molecule has 1 saturated heterocycles. The van der Waals surface area contributed by atoms with Gasteiger partial charge in [0.2, 0.25) is 15.9 Å². The van der Waals surface area contributed by atoms with Crippen molar-refractivity contribution in [3.63, 3.8) is 0 Å². The summed E-state index contributed by atoms with van der Waals surface area (Å²) in [7, 11) is -3.54. The minimum Gasteiger partial charge on any atom is -0.372 e. The van der Waals surface area contributed by atoms with Gasteiger partial charge in [-0.15, -0.1) is 0 Å². The monoisotopic (exact) mass is 381 g/mol. The zero-order chi connectivity index (χ0) is 19.3. The van der Waals surface area contributed by atoms with Crippen LogP contribution in [0.3, 0.4) is 0 Å². The van der Waals surface area contributed by atoms with Crippen LogP contribution in [0, 0.1) is 11.8 Å². The molecule has 26 heavy (non-hydrogen) atoms. The molecule has 146 valence electrons. The lowest BCUT2D eigenvalue weighted by Gasteiger charge is -2.32. The van der Waals surface area contributed by atoms with Crippen molar-refractivity contribution in [3.05, 3.63) is 24.3 Å². The summed E-state index contributed by atoms with van der Waals surface area (Å²) in [4.78, 5) is 14.4. The lowest BCUT2D eigenvalue weighted by atomic mass is 9.99. The summed E-state index contributed by atoms with van der Waals surface area (Å²) >= 11 is 0. The Morgan fingerprint density at radius 1 is 1.23 bits per heavy atom. The number of carbonyl (C=O) groups excluding carboxylic acids is 1. The molecule has 0 radical (unpaired) electrons. The molecule has 1 amide bonds. The first kappa shape index (κ1) is 20.6. The Bertz CT molecular complexity index is 693. The smallest absolute Gasteiger partial charge is 0.240 e. The van der Waals surface area contributed by atoms with Crippen LogP contribution in [-0.2, 0) is 14.8 Å². The van der Waals surface area contributed by atoms with Gasteiger partial charge in [-0.2, -0.15) is 0 Å². The van der Waals surface area contributed by atoms with Crippen LogP contribution < -0.4 is 14.5 Å². The van der Waals surface area contributed by atoms with E-state index in [9.17, 15) is 13.2 Å². The maximum atomic E-state index is 12.2. The van der Waals surface area contributed by atoms with E-state index in [4.69, 9.17) is 0 Å². The number of anilines is 2. The van der Waals surface area contributed by atoms with Gasteiger partial charge in [-0.25, -0.2) is 8.42 Å². The van der Waals surface area contributed by atoms with Gasteiger partial charge in [0.05, 0.1) is 11.9 Å². The van der Waals surface area contributed by atoms with Crippen molar-refractivity contribution in [3.8, 4) is 0 Å². The van der Waals surface area contributed by atoms with Crippen LogP contribution in [0.15, 0.2) is 24.3 Å². The highest BCUT2D eigenvalue weighted by Gasteiger charge is 2.22. The van der Waals surface area contributed by atoms with Crippen LogP contribution in [0.1, 0.15) is 33.6 Å². The van der Waals surface area contributed by atoms with Gasteiger partial charge in [0.25, 0.3) is 0 Å². The largest absolute Gasteiger partial charge is 0.372 e. The minimum absolute atomic E-state index is 0.202. The number of nitrogens with zero attached hydrogens (tertiary/aromatic N) is 2. The number of amides is 1. The Morgan fingerprint density at radius 3 is 2.31 bits per heavy atom. The van der Waals surface area contributed by atoms with E-state index in [1.54, 1.807) is 12.1 Å². The van der Waals surface area contributed by atoms with E-state index in [1.165, 1.54) is 12.8 Å². The summed E-state index contributed by atoms with van der Waals surface area (Å²) in [5, 5.41) is 2.77. The molecule has 1 N–H and O–H groups in total. The summed E-state index contributed by atoms with van der Waals surface area (Å²) < 4.78 is 25.5. The van der Waals surface area contributed by atoms with Crippen molar-refractivity contribution in [2.75, 3.05) is 41.6 Å². The van der Waals surface area contributed by atoms with Crippen molar-refractivity contribution >= 4 is 27.3 Å². The normalized spacial score (nSPS) is 16.0. The summed E-state index contributed by atoms with van der Waals surface area (Å²) in [5.74, 6) is 0.783. The maximum Gasteiger partial charge on any atom is 0.240 e. The van der Waals surface area contributed by atoms with Gasteiger partial charge in [0, 0.05) is 25.3 Å². The number of carbonyl (C=O) groups is 1. The summed E-state index contributed by atoms with van der Waals surface area (Å²) in [5.41, 5.74) is 1.61. The lowest BCUT2D eigenvalue weighted by molar-refractivity contribution is -0.119. The van der Waals surface area contributed by atoms with Gasteiger partial charge in [-0.3, -0.25) is 9.10 Å². The van der Waals surface area contributed by atoms with Gasteiger partial charge in [0.15, 0.2) is 0 Å². The highest BCUT2D eigenvalue weighted by molar-refractivity contribution is 7.92. The van der Waals surface area contributed by atoms with E-state index in [0.29, 0.717) is 18.2 Å². The molecule has 1 aromatic rings. The molecule has 1 aromatic carbocycles. The second kappa shape index (κ2) is 8.75. The minimum atomic E-state index is -3.54. The molecular formula is C19H31N3O3S. The van der Waals surface area contributed by atoms with Gasteiger partial charge in [0.1, 0.15) is 6.54 Å². The number of hydrogen-bond acceptors (Lipinski definition) is 4. The molecule has 1 aliphatic rings. The molecule has 1 fully saturated rings. The maximum absolute atomic E-state index is 12.2. The Hall–Kier alpha value is -1.76. The third-order valence-electron chi connectivity index (χ3n) is 4.68. The average Bonchev–Trinajstić information content (AvgIpc) is 2.58. The molecule has 0 aromatic heterocycles. The van der Waals surface area contributed by atoms with Crippen molar-refractivity contribution in [2.45, 2.75) is 33.6 Å². The second-order valence-corrected chi connectivity index (χ2v) is 9.56. The Labute approximate surface area is 157 Å². The number of nitrogens with one attached hydrogen (secondary N) is 1. The quantitative estimate of drug-likeness (QED) is 0.788. The molecule has 6 nitrogen and oxygen atoms in total. The zero-order valence-corrected chi connectivity index (χ0v) is 17.1. The zero-order valence-electron chi connectivity index (χ0n) is 16.2. The molecule has 1 heterocycles. The molecular weight excluding hydrogens is 350 g/mol. The highest BCUT2D eigenvalue weighted by Crippen LogP contribution is 2.26. The topological polar surface area (TPSA) is 69.7 Å². The number of benzene rings is 1. The first-order valence-corrected chi connectivity index (χ1v) is 11.1. The lowest BCUT2D eigenvalue weighted by Crippen LogP contribution is -2.41. The summed E-state index contributed by atoms with van der Waals surface area (Å²) in [6.45, 7) is 8.63. The molecule has 0 saturated carbocycles. The Balaban J connectivity index is 2.09. The SMILES string of the molecule is CC(C)CNC(=O)CN(c1ccc(N2CCC(C)CC2)cc1)S(C)(=O)=O. The molecule has 0 aliphatic carbocycles. The van der Waals surface area contributed by atoms with Crippen LogP contribution in [0.4, 0.5) is 11.4 Å². The number of hydrogen-bond donors (Lipinski definition) is 1. The van der Waals surface area contributed by atoms with Crippen molar-refractivity contribution in [1.82, 2.24) is 5.32 Å². The van der Waals surface area contributed by atoms with Gasteiger partial charge >= 0.3 is 0 Å². The summed E-state index contributed by atoms with van der Waals surface area (Å²) in [6.07, 6.45) is 3.48. The molecule has 2 rings (SSSR count). The van der Waals surface area contributed by atoms with E-state index in [0.717, 1.165) is 35.3 Å². The van der Waals surface area contributed by atoms with E-state index < -0.39 is 10.0 Å². The average molecular weight is 382 g/mol. The standard InChI is InChI=1S/C19H31N3O3S/c1-15(2)13-20-19(23)14-22(26(4,24)25)18-7-5-17(6-8-18)21-11-9-16(3)10-12-21/h5-8,15-16H,9-14H2,1-4H3,(H,20,23). The molecule has 7 heteroatoms. The van der Waals surface area contributed by atoms with Crippen LogP contribution in [0.2, 0.25) is 0 Å². The predicted molar refractivity (Wildman–Crippen MR) is 107 cm³/mol. The molecule has 0 atom stereocenters. The van der Waals surface area contributed by atoms with Crippen LogP contribution in [-0.4, -0.2) is 46.8 Å². The van der Waals surface area contributed by atoms with Gasteiger partial charge in [-0.1, -0.05) is 20.8 Å². The van der Waals surface area contributed by atoms with Gasteiger partial charge < -0.3 is 10.2 Å². The fourth-order valence-corrected chi connectivity index (χ4v) is 3.86. The third kappa shape index (κ3) is 5.90. The van der Waals surface area contributed by atoms with Crippen LogP contribution in [0.25, 0.3) is 0 Å². The van der Waals surface area contributed by atoms with Crippen LogP contribution >= 0.6 is 0 Å². The number of piperidine rings is 1. The molecule has 0 unspecified atom stereocenters. The molecule has 1 aliphatic heterocycles. The predicted octanol–water partition coefficient (Wildman–Crippen LogP) is 2.46. The van der Waals surface area contributed by atoms with Crippen molar-refractivity contribution in [2.24, 2.45) is 11.8 Å². The molecule has 0 spiro atoms. The second-order valence-electron chi connectivity index (χ2n) is 7.65. The fourth-order valence-electron chi connectivity index (χ4n) is 3.00.